The molecule has 1 saturated heterocycles. The van der Waals surface area contributed by atoms with Crippen LogP contribution in [0.15, 0.2) is 28.8 Å². The number of fused-ring (bicyclic) bond motifs is 1. The first kappa shape index (κ1) is 14.1. The van der Waals surface area contributed by atoms with Gasteiger partial charge in [-0.15, -0.1) is 0 Å². The van der Waals surface area contributed by atoms with Crippen LogP contribution in [-0.2, 0) is 16.0 Å². The largest absolute Gasteiger partial charge is 0.462 e. The van der Waals surface area contributed by atoms with Gasteiger partial charge in [0.25, 0.3) is 0 Å². The van der Waals surface area contributed by atoms with Gasteiger partial charge < -0.3 is 14.2 Å². The van der Waals surface area contributed by atoms with Gasteiger partial charge in [-0.3, -0.25) is 4.79 Å². The van der Waals surface area contributed by atoms with Crippen LogP contribution in [0.4, 0.5) is 0 Å². The maximum absolute atomic E-state index is 12.1. The first-order valence-corrected chi connectivity index (χ1v) is 7.51. The third kappa shape index (κ3) is 3.24. The van der Waals surface area contributed by atoms with Gasteiger partial charge in [0, 0.05) is 18.5 Å². The summed E-state index contributed by atoms with van der Waals surface area (Å²) in [5.41, 5.74) is 1.36. The second-order valence-corrected chi connectivity index (χ2v) is 5.43. The van der Waals surface area contributed by atoms with Gasteiger partial charge in [-0.25, -0.2) is 0 Å². The molecule has 0 spiro atoms. The molecule has 1 aliphatic heterocycles. The highest BCUT2D eigenvalue weighted by Gasteiger charge is 2.22. The summed E-state index contributed by atoms with van der Waals surface area (Å²) in [6, 6.07) is 7.55. The molecule has 1 fully saturated rings. The summed E-state index contributed by atoms with van der Waals surface area (Å²) in [4.78, 5) is 14.4. The molecule has 0 saturated carbocycles. The Morgan fingerprint density at radius 2 is 2.14 bits per heavy atom. The standard InChI is InChI=1S/C16H20N2O3/c1-2-18-9-7-12(8-10-18)20-16(19)11-14-13-5-3-4-6-15(13)21-17-14/h3-6,12H,2,7-11H2,1H3. The average molecular weight is 288 g/mol. The van der Waals surface area contributed by atoms with E-state index in [1.165, 1.54) is 0 Å². The van der Waals surface area contributed by atoms with Crippen LogP contribution in [0.5, 0.6) is 0 Å². The van der Waals surface area contributed by atoms with Crippen LogP contribution in [0, 0.1) is 0 Å². The number of esters is 1. The number of hydrogen-bond donors (Lipinski definition) is 0. The van der Waals surface area contributed by atoms with Crippen molar-refractivity contribution in [3.8, 4) is 0 Å². The molecule has 0 N–H and O–H groups in total. The van der Waals surface area contributed by atoms with E-state index >= 15 is 0 Å². The zero-order valence-electron chi connectivity index (χ0n) is 12.2. The molecule has 0 radical (unpaired) electrons. The lowest BCUT2D eigenvalue weighted by atomic mass is 10.1. The van der Waals surface area contributed by atoms with Gasteiger partial charge in [0.15, 0.2) is 5.58 Å². The minimum Gasteiger partial charge on any atom is -0.462 e. The zero-order chi connectivity index (χ0) is 14.7. The molecule has 2 heterocycles. The van der Waals surface area contributed by atoms with E-state index in [0.717, 1.165) is 37.9 Å². The number of ether oxygens (including phenoxy) is 1. The van der Waals surface area contributed by atoms with Crippen LogP contribution in [0.2, 0.25) is 0 Å². The van der Waals surface area contributed by atoms with Gasteiger partial charge in [0.2, 0.25) is 0 Å². The molecular weight excluding hydrogens is 268 g/mol. The molecule has 0 aliphatic carbocycles. The van der Waals surface area contributed by atoms with Crippen LogP contribution in [0.1, 0.15) is 25.5 Å². The molecule has 1 aliphatic rings. The van der Waals surface area contributed by atoms with Crippen molar-refractivity contribution in [1.29, 1.82) is 0 Å². The predicted octanol–water partition coefficient (Wildman–Crippen LogP) is 2.40. The summed E-state index contributed by atoms with van der Waals surface area (Å²) in [6.07, 6.45) is 2.04. The third-order valence-electron chi connectivity index (χ3n) is 4.04. The van der Waals surface area contributed by atoms with Crippen molar-refractivity contribution >= 4 is 16.9 Å². The molecule has 112 valence electrons. The molecule has 0 unspecified atom stereocenters. The number of para-hydroxylation sites is 1. The monoisotopic (exact) mass is 288 g/mol. The highest BCUT2D eigenvalue weighted by atomic mass is 16.5. The molecule has 5 heteroatoms. The van der Waals surface area contributed by atoms with E-state index in [-0.39, 0.29) is 18.5 Å². The van der Waals surface area contributed by atoms with E-state index in [4.69, 9.17) is 9.26 Å². The Hall–Kier alpha value is -1.88. The van der Waals surface area contributed by atoms with Crippen molar-refractivity contribution in [2.24, 2.45) is 0 Å². The predicted molar refractivity (Wildman–Crippen MR) is 78.9 cm³/mol. The van der Waals surface area contributed by atoms with Gasteiger partial charge in [0.05, 0.1) is 6.42 Å². The Kier molecular flexibility index (Phi) is 4.20. The molecule has 0 bridgehead atoms. The fraction of sp³-hybridized carbons (Fsp3) is 0.500. The van der Waals surface area contributed by atoms with Gasteiger partial charge in [0.1, 0.15) is 11.8 Å². The molecule has 1 aromatic carbocycles. The Labute approximate surface area is 123 Å². The number of carbonyl (C=O) groups is 1. The molecule has 2 aromatic rings. The summed E-state index contributed by atoms with van der Waals surface area (Å²) >= 11 is 0. The number of rotatable bonds is 4. The van der Waals surface area contributed by atoms with E-state index in [0.29, 0.717) is 11.3 Å². The van der Waals surface area contributed by atoms with Crippen molar-refractivity contribution in [2.45, 2.75) is 32.3 Å². The van der Waals surface area contributed by atoms with Crippen molar-refractivity contribution in [3.05, 3.63) is 30.0 Å². The molecule has 0 amide bonds. The lowest BCUT2D eigenvalue weighted by Crippen LogP contribution is -2.37. The molecule has 21 heavy (non-hydrogen) atoms. The number of aromatic nitrogens is 1. The van der Waals surface area contributed by atoms with Crippen LogP contribution in [0.3, 0.4) is 0 Å². The Bertz CT molecular complexity index is 615. The SMILES string of the molecule is CCN1CCC(OC(=O)Cc2noc3ccccc23)CC1. The highest BCUT2D eigenvalue weighted by Crippen LogP contribution is 2.19. The smallest absolute Gasteiger partial charge is 0.312 e. The maximum Gasteiger partial charge on any atom is 0.312 e. The quantitative estimate of drug-likeness (QED) is 0.809. The molecular formula is C16H20N2O3. The summed E-state index contributed by atoms with van der Waals surface area (Å²) in [5.74, 6) is -0.219. The van der Waals surface area contributed by atoms with Crippen LogP contribution >= 0.6 is 0 Å². The van der Waals surface area contributed by atoms with Gasteiger partial charge in [-0.1, -0.05) is 24.2 Å². The van der Waals surface area contributed by atoms with Crippen LogP contribution in [-0.4, -0.2) is 41.8 Å². The Balaban J connectivity index is 1.57. The summed E-state index contributed by atoms with van der Waals surface area (Å²) in [5, 5.41) is 4.85. The maximum atomic E-state index is 12.1. The minimum atomic E-state index is -0.219. The summed E-state index contributed by atoms with van der Waals surface area (Å²) in [7, 11) is 0. The fourth-order valence-electron chi connectivity index (χ4n) is 2.77. The van der Waals surface area contributed by atoms with E-state index in [1.54, 1.807) is 0 Å². The highest BCUT2D eigenvalue weighted by molar-refractivity contribution is 5.84. The van der Waals surface area contributed by atoms with Crippen molar-refractivity contribution in [1.82, 2.24) is 10.1 Å². The van der Waals surface area contributed by atoms with E-state index in [1.807, 2.05) is 24.3 Å². The Morgan fingerprint density at radius 1 is 1.38 bits per heavy atom. The van der Waals surface area contributed by atoms with Crippen LogP contribution in [0.25, 0.3) is 11.0 Å². The van der Waals surface area contributed by atoms with Crippen molar-refractivity contribution in [3.63, 3.8) is 0 Å². The zero-order valence-corrected chi connectivity index (χ0v) is 12.2. The van der Waals surface area contributed by atoms with Crippen molar-refractivity contribution < 1.29 is 14.1 Å². The number of benzene rings is 1. The lowest BCUT2D eigenvalue weighted by Gasteiger charge is -2.30. The van der Waals surface area contributed by atoms with Gasteiger partial charge >= 0.3 is 5.97 Å². The average Bonchev–Trinajstić information content (AvgIpc) is 2.91. The van der Waals surface area contributed by atoms with Crippen LogP contribution < -0.4 is 0 Å². The molecule has 0 atom stereocenters. The number of nitrogens with zero attached hydrogens (tertiary/aromatic N) is 2. The van der Waals surface area contributed by atoms with Gasteiger partial charge in [-0.05, 0) is 31.5 Å². The lowest BCUT2D eigenvalue weighted by molar-refractivity contribution is -0.150. The number of hydrogen-bond acceptors (Lipinski definition) is 5. The topological polar surface area (TPSA) is 55.6 Å². The second-order valence-electron chi connectivity index (χ2n) is 5.43. The molecule has 5 nitrogen and oxygen atoms in total. The normalized spacial score (nSPS) is 17.2. The van der Waals surface area contributed by atoms with E-state index in [9.17, 15) is 4.79 Å². The number of carbonyl (C=O) groups excluding carboxylic acids is 1. The second kappa shape index (κ2) is 6.26. The fourth-order valence-corrected chi connectivity index (χ4v) is 2.77. The number of likely N-dealkylation sites (tertiary alicyclic amines) is 1. The minimum absolute atomic E-state index is 0.0402. The van der Waals surface area contributed by atoms with Gasteiger partial charge in [-0.2, -0.15) is 0 Å². The summed E-state index contributed by atoms with van der Waals surface area (Å²) < 4.78 is 10.8. The first-order chi connectivity index (χ1) is 10.3. The van der Waals surface area contributed by atoms with E-state index < -0.39 is 0 Å². The van der Waals surface area contributed by atoms with Crippen molar-refractivity contribution in [2.75, 3.05) is 19.6 Å². The summed E-state index contributed by atoms with van der Waals surface area (Å²) in [6.45, 7) is 5.22. The van der Waals surface area contributed by atoms with E-state index in [2.05, 4.69) is 17.0 Å². The number of piperidine rings is 1. The first-order valence-electron chi connectivity index (χ1n) is 7.51. The molecule has 1 aromatic heterocycles. The third-order valence-corrected chi connectivity index (χ3v) is 4.04. The molecule has 3 rings (SSSR count). The Morgan fingerprint density at radius 3 is 2.90 bits per heavy atom.